The highest BCUT2D eigenvalue weighted by atomic mass is 31.2. The third kappa shape index (κ3) is 3.73. The molecule has 5 rings (SSSR count). The van der Waals surface area contributed by atoms with E-state index in [-0.39, 0.29) is 0 Å². The van der Waals surface area contributed by atoms with Crippen LogP contribution in [0.4, 0.5) is 0 Å². The molecule has 36 heavy (non-hydrogen) atoms. The van der Waals surface area contributed by atoms with Crippen molar-refractivity contribution in [3.63, 3.8) is 0 Å². The maximum absolute atomic E-state index is 14.4. The summed E-state index contributed by atoms with van der Waals surface area (Å²) in [6.45, 7) is 17.2. The van der Waals surface area contributed by atoms with Gasteiger partial charge in [-0.3, -0.25) is 9.13 Å². The second kappa shape index (κ2) is 9.38. The molecule has 2 atom stereocenters. The SMILES string of the molecule is C=CC=C1C(=C)OP(=O)(N2CCN(P3(=O)Oc4ccccc4C(C=C)=C3C=C)CC2)c2ccccc21. The van der Waals surface area contributed by atoms with E-state index in [2.05, 4.69) is 26.3 Å². The molecule has 2 aromatic carbocycles. The normalized spacial score (nSPS) is 27.4. The average Bonchev–Trinajstić information content (AvgIpc) is 2.90. The summed E-state index contributed by atoms with van der Waals surface area (Å²) in [7, 11) is -6.89. The molecule has 0 saturated carbocycles. The molecule has 0 bridgehead atoms. The van der Waals surface area contributed by atoms with Gasteiger partial charge in [-0.2, -0.15) is 0 Å². The fourth-order valence-electron chi connectivity index (χ4n) is 4.96. The summed E-state index contributed by atoms with van der Waals surface area (Å²) in [6.07, 6.45) is 6.77. The van der Waals surface area contributed by atoms with Gasteiger partial charge in [-0.05, 0) is 12.1 Å². The van der Waals surface area contributed by atoms with Crippen molar-refractivity contribution in [2.24, 2.45) is 0 Å². The summed E-state index contributed by atoms with van der Waals surface area (Å²) in [5.41, 5.74) is 3.19. The average molecular weight is 518 g/mol. The number of nitrogens with zero attached hydrogens (tertiary/aromatic N) is 2. The fourth-order valence-corrected chi connectivity index (χ4v) is 9.75. The molecule has 0 N–H and O–H groups in total. The molecular weight excluding hydrogens is 490 g/mol. The molecule has 3 heterocycles. The van der Waals surface area contributed by atoms with Crippen molar-refractivity contribution < 1.29 is 18.2 Å². The Morgan fingerprint density at radius 3 is 2.03 bits per heavy atom. The van der Waals surface area contributed by atoms with Crippen LogP contribution in [0, 0.1) is 0 Å². The third-order valence-electron chi connectivity index (χ3n) is 6.67. The fraction of sp³-hybridized carbons (Fsp3) is 0.143. The molecule has 0 aliphatic carbocycles. The van der Waals surface area contributed by atoms with Crippen LogP contribution in [-0.4, -0.2) is 35.5 Å². The quantitative estimate of drug-likeness (QED) is 0.416. The smallest absolute Gasteiger partial charge is 0.350 e. The largest absolute Gasteiger partial charge is 0.429 e. The number of hydrogen-bond donors (Lipinski definition) is 0. The zero-order chi connectivity index (χ0) is 25.5. The zero-order valence-corrected chi connectivity index (χ0v) is 21.8. The number of fused-ring (bicyclic) bond motifs is 2. The Kier molecular flexibility index (Phi) is 6.40. The zero-order valence-electron chi connectivity index (χ0n) is 20.0. The molecule has 1 fully saturated rings. The highest BCUT2D eigenvalue weighted by Gasteiger charge is 2.47. The van der Waals surface area contributed by atoms with Gasteiger partial charge in [0.15, 0.2) is 0 Å². The van der Waals surface area contributed by atoms with E-state index in [1.54, 1.807) is 18.2 Å². The summed E-state index contributed by atoms with van der Waals surface area (Å²) < 4.78 is 44.6. The summed E-state index contributed by atoms with van der Waals surface area (Å²) in [6, 6.07) is 15.0. The molecule has 8 heteroatoms. The molecular formula is C28H28N2O4P2. The lowest BCUT2D eigenvalue weighted by Gasteiger charge is -2.43. The molecule has 0 radical (unpaired) electrons. The molecule has 2 aromatic rings. The van der Waals surface area contributed by atoms with Crippen molar-refractivity contribution in [2.75, 3.05) is 26.2 Å². The third-order valence-corrected chi connectivity index (χ3v) is 11.9. The van der Waals surface area contributed by atoms with E-state index < -0.39 is 15.0 Å². The number of hydrogen-bond acceptors (Lipinski definition) is 4. The number of rotatable bonds is 5. The van der Waals surface area contributed by atoms with E-state index in [1.165, 1.54) is 0 Å². The van der Waals surface area contributed by atoms with Crippen molar-refractivity contribution in [1.82, 2.24) is 9.34 Å². The van der Waals surface area contributed by atoms with Gasteiger partial charge in [-0.15, -0.1) is 0 Å². The van der Waals surface area contributed by atoms with Crippen LogP contribution in [0.2, 0.25) is 0 Å². The number of benzene rings is 2. The Bertz CT molecular complexity index is 1450. The van der Waals surface area contributed by atoms with Gasteiger partial charge in [-0.25, -0.2) is 9.34 Å². The summed E-state index contributed by atoms with van der Waals surface area (Å²) in [4.78, 5) is 0. The first-order valence-electron chi connectivity index (χ1n) is 11.7. The van der Waals surface area contributed by atoms with E-state index in [9.17, 15) is 9.13 Å². The predicted molar refractivity (Wildman–Crippen MR) is 147 cm³/mol. The van der Waals surface area contributed by atoms with Gasteiger partial charge in [0.25, 0.3) is 0 Å². The van der Waals surface area contributed by atoms with Crippen LogP contribution in [0.15, 0.2) is 110 Å². The minimum atomic E-state index is -3.46. The Morgan fingerprint density at radius 2 is 1.39 bits per heavy atom. The molecule has 0 spiro atoms. The van der Waals surface area contributed by atoms with Gasteiger partial charge in [0, 0.05) is 48.5 Å². The number of allylic oxidation sites excluding steroid dienone is 7. The van der Waals surface area contributed by atoms with Crippen molar-refractivity contribution >= 4 is 31.5 Å². The molecule has 6 nitrogen and oxygen atoms in total. The van der Waals surface area contributed by atoms with Gasteiger partial charge in [0.1, 0.15) is 11.5 Å². The lowest BCUT2D eigenvalue weighted by molar-refractivity contribution is 0.233. The van der Waals surface area contributed by atoms with Crippen LogP contribution in [-0.2, 0) is 13.7 Å². The van der Waals surface area contributed by atoms with Crippen LogP contribution in [0.5, 0.6) is 5.75 Å². The van der Waals surface area contributed by atoms with Crippen LogP contribution in [0.3, 0.4) is 0 Å². The van der Waals surface area contributed by atoms with Gasteiger partial charge < -0.3 is 9.05 Å². The first-order valence-corrected chi connectivity index (χ1v) is 14.8. The maximum atomic E-state index is 14.4. The first-order chi connectivity index (χ1) is 17.4. The number of para-hydroxylation sites is 1. The Morgan fingerprint density at radius 1 is 0.778 bits per heavy atom. The molecule has 1 saturated heterocycles. The Hall–Kier alpha value is -3.14. The minimum Gasteiger partial charge on any atom is -0.429 e. The van der Waals surface area contributed by atoms with Crippen molar-refractivity contribution in [3.8, 4) is 5.75 Å². The van der Waals surface area contributed by atoms with Crippen molar-refractivity contribution in [2.45, 2.75) is 0 Å². The van der Waals surface area contributed by atoms with E-state index in [0.29, 0.717) is 48.3 Å². The van der Waals surface area contributed by atoms with E-state index >= 15 is 0 Å². The van der Waals surface area contributed by atoms with E-state index in [4.69, 9.17) is 9.05 Å². The Labute approximate surface area is 212 Å². The highest BCUT2D eigenvalue weighted by Crippen LogP contribution is 2.65. The van der Waals surface area contributed by atoms with Crippen LogP contribution in [0.1, 0.15) is 11.1 Å². The summed E-state index contributed by atoms with van der Waals surface area (Å²) >= 11 is 0. The molecule has 0 aromatic heterocycles. The first kappa shape index (κ1) is 24.5. The highest BCUT2D eigenvalue weighted by molar-refractivity contribution is 7.65. The second-order valence-corrected chi connectivity index (χ2v) is 13.1. The van der Waals surface area contributed by atoms with Crippen LogP contribution >= 0.6 is 15.0 Å². The Balaban J connectivity index is 1.46. The standard InChI is InChI=1S/C28H28N2O4P2/c1-5-12-23-21(4)33-36(32,28-16-11-9-14-25(23)28)30-19-17-29(18-20-30)35(31)27(7-3)22(6-2)24-13-8-10-15-26(24)34-35/h5-16H,1-4,17-20H2. The van der Waals surface area contributed by atoms with Gasteiger partial charge in [0.2, 0.25) is 0 Å². The minimum absolute atomic E-state index is 0.354. The van der Waals surface area contributed by atoms with Crippen LogP contribution in [0.25, 0.3) is 11.1 Å². The lowest BCUT2D eigenvalue weighted by atomic mass is 10.0. The van der Waals surface area contributed by atoms with Gasteiger partial charge in [-0.1, -0.05) is 87.0 Å². The molecule has 184 valence electrons. The predicted octanol–water partition coefficient (Wildman–Crippen LogP) is 6.60. The number of piperazine rings is 1. The summed E-state index contributed by atoms with van der Waals surface area (Å²) in [5, 5.41) is 1.16. The van der Waals surface area contributed by atoms with Crippen molar-refractivity contribution in [1.29, 1.82) is 0 Å². The van der Waals surface area contributed by atoms with Gasteiger partial charge >= 0.3 is 15.0 Å². The lowest BCUT2D eigenvalue weighted by Crippen LogP contribution is -2.46. The monoisotopic (exact) mass is 518 g/mol. The summed E-state index contributed by atoms with van der Waals surface area (Å²) in [5.74, 6) is 0.908. The van der Waals surface area contributed by atoms with Crippen molar-refractivity contribution in [3.05, 3.63) is 121 Å². The van der Waals surface area contributed by atoms with Crippen LogP contribution < -0.4 is 9.83 Å². The molecule has 0 amide bonds. The van der Waals surface area contributed by atoms with E-state index in [0.717, 1.165) is 22.3 Å². The second-order valence-electron chi connectivity index (χ2n) is 8.59. The van der Waals surface area contributed by atoms with E-state index in [1.807, 2.05) is 63.9 Å². The maximum Gasteiger partial charge on any atom is 0.350 e. The topological polar surface area (TPSA) is 59.1 Å². The molecule has 3 aliphatic heterocycles. The molecule has 2 unspecified atom stereocenters. The van der Waals surface area contributed by atoms with Gasteiger partial charge in [0.05, 0.1) is 10.6 Å². The molecule has 3 aliphatic rings.